The summed E-state index contributed by atoms with van der Waals surface area (Å²) in [4.78, 5) is 3.84. The van der Waals surface area contributed by atoms with E-state index in [9.17, 15) is 8.42 Å². The normalized spacial score (nSPS) is 25.4. The van der Waals surface area contributed by atoms with E-state index in [4.69, 9.17) is 5.26 Å². The van der Waals surface area contributed by atoms with Crippen molar-refractivity contribution in [1.29, 1.82) is 5.26 Å². The Hall–Kier alpha value is -1.42. The van der Waals surface area contributed by atoms with Gasteiger partial charge in [0.2, 0.25) is 0 Å². The second kappa shape index (κ2) is 4.45. The topological polar surface area (TPSA) is 88.6 Å². The summed E-state index contributed by atoms with van der Waals surface area (Å²) in [7, 11) is -2.99. The van der Waals surface area contributed by atoms with E-state index in [1.54, 1.807) is 4.68 Å². The fourth-order valence-electron chi connectivity index (χ4n) is 2.25. The summed E-state index contributed by atoms with van der Waals surface area (Å²) < 4.78 is 24.7. The van der Waals surface area contributed by atoms with Crippen LogP contribution in [0.25, 0.3) is 0 Å². The number of nitrogens with zero attached hydrogens (tertiary/aromatic N) is 4. The van der Waals surface area contributed by atoms with E-state index in [1.165, 1.54) is 12.6 Å². The van der Waals surface area contributed by atoms with Crippen molar-refractivity contribution in [2.24, 2.45) is 0 Å². The van der Waals surface area contributed by atoms with Crippen molar-refractivity contribution in [3.8, 4) is 6.07 Å². The molecule has 1 heterocycles. The van der Waals surface area contributed by atoms with E-state index in [-0.39, 0.29) is 17.1 Å². The standard InChI is InChI=1S/C10H14N4O2S/c1-17(15,16)9-4-2-3-8(5-9)14-7-12-10(6-11)13-14/h7-9H,2-5H2,1H3. The first-order chi connectivity index (χ1) is 8.00. The third-order valence-corrected chi connectivity index (χ3v) is 4.83. The number of aromatic nitrogens is 3. The minimum absolute atomic E-state index is 0.0399. The first-order valence-electron chi connectivity index (χ1n) is 5.51. The summed E-state index contributed by atoms with van der Waals surface area (Å²) in [6, 6.07) is 1.91. The maximum atomic E-state index is 11.5. The molecule has 1 aromatic rings. The molecule has 0 radical (unpaired) electrons. The zero-order valence-corrected chi connectivity index (χ0v) is 10.4. The molecular weight excluding hydrogens is 240 g/mol. The monoisotopic (exact) mass is 254 g/mol. The van der Waals surface area contributed by atoms with Gasteiger partial charge in [-0.3, -0.25) is 0 Å². The summed E-state index contributed by atoms with van der Waals surface area (Å²) >= 11 is 0. The lowest BCUT2D eigenvalue weighted by molar-refractivity contribution is 0.328. The van der Waals surface area contributed by atoms with Gasteiger partial charge in [-0.1, -0.05) is 6.42 Å². The van der Waals surface area contributed by atoms with Gasteiger partial charge in [0.1, 0.15) is 22.2 Å². The van der Waals surface area contributed by atoms with Crippen molar-refractivity contribution in [3.63, 3.8) is 0 Å². The van der Waals surface area contributed by atoms with Gasteiger partial charge in [0.05, 0.1) is 11.3 Å². The van der Waals surface area contributed by atoms with Crippen molar-refractivity contribution in [2.75, 3.05) is 6.26 Å². The van der Waals surface area contributed by atoms with Crippen LogP contribution in [0.2, 0.25) is 0 Å². The van der Waals surface area contributed by atoms with Crippen molar-refractivity contribution in [2.45, 2.75) is 37.0 Å². The van der Waals surface area contributed by atoms with Crippen LogP contribution < -0.4 is 0 Å². The Morgan fingerprint density at radius 1 is 1.53 bits per heavy atom. The Morgan fingerprint density at radius 3 is 2.88 bits per heavy atom. The molecule has 2 atom stereocenters. The van der Waals surface area contributed by atoms with Crippen molar-refractivity contribution >= 4 is 9.84 Å². The summed E-state index contributed by atoms with van der Waals surface area (Å²) in [6.45, 7) is 0. The first-order valence-corrected chi connectivity index (χ1v) is 7.46. The summed E-state index contributed by atoms with van der Waals surface area (Å²) in [5.41, 5.74) is 0. The van der Waals surface area contributed by atoms with Gasteiger partial charge in [0.25, 0.3) is 5.82 Å². The van der Waals surface area contributed by atoms with Gasteiger partial charge in [0.15, 0.2) is 0 Å². The molecule has 0 spiro atoms. The molecule has 2 rings (SSSR count). The molecule has 1 saturated carbocycles. The summed E-state index contributed by atoms with van der Waals surface area (Å²) in [6.07, 6.45) is 5.82. The van der Waals surface area contributed by atoms with Crippen molar-refractivity contribution < 1.29 is 8.42 Å². The lowest BCUT2D eigenvalue weighted by Gasteiger charge is -2.27. The average Bonchev–Trinajstić information content (AvgIpc) is 2.76. The average molecular weight is 254 g/mol. The van der Waals surface area contributed by atoms with Crippen LogP contribution in [-0.2, 0) is 9.84 Å². The van der Waals surface area contributed by atoms with E-state index in [0.29, 0.717) is 6.42 Å². The Kier molecular flexibility index (Phi) is 3.15. The molecule has 0 amide bonds. The Balaban J connectivity index is 2.15. The van der Waals surface area contributed by atoms with Gasteiger partial charge in [-0.05, 0) is 19.3 Å². The van der Waals surface area contributed by atoms with Crippen LogP contribution in [0.1, 0.15) is 37.5 Å². The van der Waals surface area contributed by atoms with Gasteiger partial charge < -0.3 is 0 Å². The lowest BCUT2D eigenvalue weighted by atomic mass is 9.95. The zero-order chi connectivity index (χ0) is 12.5. The predicted octanol–water partition coefficient (Wildman–Crippen LogP) is 0.678. The highest BCUT2D eigenvalue weighted by atomic mass is 32.2. The van der Waals surface area contributed by atoms with Crippen LogP contribution in [-0.4, -0.2) is 34.7 Å². The molecule has 17 heavy (non-hydrogen) atoms. The lowest BCUT2D eigenvalue weighted by Crippen LogP contribution is -2.29. The van der Waals surface area contributed by atoms with E-state index in [0.717, 1.165) is 19.3 Å². The van der Waals surface area contributed by atoms with Crippen LogP contribution >= 0.6 is 0 Å². The molecule has 1 aliphatic rings. The number of sulfone groups is 1. The number of hydrogen-bond donors (Lipinski definition) is 0. The molecule has 0 bridgehead atoms. The summed E-state index contributed by atoms with van der Waals surface area (Å²) in [5, 5.41) is 12.4. The molecule has 0 aliphatic heterocycles. The Labute approximate surface area is 100 Å². The van der Waals surface area contributed by atoms with E-state index in [2.05, 4.69) is 10.1 Å². The van der Waals surface area contributed by atoms with Crippen LogP contribution in [0.5, 0.6) is 0 Å². The highest BCUT2D eigenvalue weighted by Crippen LogP contribution is 2.31. The van der Waals surface area contributed by atoms with Crippen LogP contribution in [0.15, 0.2) is 6.33 Å². The van der Waals surface area contributed by atoms with Gasteiger partial charge in [-0.25, -0.2) is 18.1 Å². The zero-order valence-electron chi connectivity index (χ0n) is 9.57. The maximum Gasteiger partial charge on any atom is 0.252 e. The molecule has 1 aliphatic carbocycles. The largest absolute Gasteiger partial charge is 0.252 e. The number of hydrogen-bond acceptors (Lipinski definition) is 5. The third kappa shape index (κ3) is 2.64. The molecule has 7 heteroatoms. The molecule has 1 fully saturated rings. The highest BCUT2D eigenvalue weighted by molar-refractivity contribution is 7.91. The third-order valence-electron chi connectivity index (χ3n) is 3.19. The SMILES string of the molecule is CS(=O)(=O)C1CCCC(n2cnc(C#N)n2)C1. The minimum atomic E-state index is -2.99. The van der Waals surface area contributed by atoms with E-state index >= 15 is 0 Å². The molecule has 0 aromatic carbocycles. The molecular formula is C10H14N4O2S. The molecule has 0 N–H and O–H groups in total. The molecule has 6 nitrogen and oxygen atoms in total. The molecule has 2 unspecified atom stereocenters. The van der Waals surface area contributed by atoms with Gasteiger partial charge in [0, 0.05) is 6.26 Å². The second-order valence-electron chi connectivity index (χ2n) is 4.43. The molecule has 0 saturated heterocycles. The Bertz CT molecular complexity index is 543. The minimum Gasteiger partial charge on any atom is -0.248 e. The van der Waals surface area contributed by atoms with Crippen molar-refractivity contribution in [1.82, 2.24) is 14.8 Å². The van der Waals surface area contributed by atoms with Gasteiger partial charge in [-0.2, -0.15) is 5.26 Å². The molecule has 92 valence electrons. The quantitative estimate of drug-likeness (QED) is 0.774. The van der Waals surface area contributed by atoms with Gasteiger partial charge in [-0.15, -0.1) is 5.10 Å². The maximum absolute atomic E-state index is 11.5. The van der Waals surface area contributed by atoms with Crippen molar-refractivity contribution in [3.05, 3.63) is 12.2 Å². The first kappa shape index (κ1) is 12.0. The fourth-order valence-corrected chi connectivity index (χ4v) is 3.42. The van der Waals surface area contributed by atoms with Gasteiger partial charge >= 0.3 is 0 Å². The number of nitriles is 1. The van der Waals surface area contributed by atoms with E-state index in [1.807, 2.05) is 6.07 Å². The highest BCUT2D eigenvalue weighted by Gasteiger charge is 2.30. The fraction of sp³-hybridized carbons (Fsp3) is 0.700. The Morgan fingerprint density at radius 2 is 2.29 bits per heavy atom. The smallest absolute Gasteiger partial charge is 0.248 e. The predicted molar refractivity (Wildman–Crippen MR) is 60.9 cm³/mol. The number of rotatable bonds is 2. The second-order valence-corrected chi connectivity index (χ2v) is 6.76. The molecule has 1 aromatic heterocycles. The van der Waals surface area contributed by atoms with Crippen LogP contribution in [0.3, 0.4) is 0 Å². The van der Waals surface area contributed by atoms with E-state index < -0.39 is 9.84 Å². The van der Waals surface area contributed by atoms with Crippen LogP contribution in [0, 0.1) is 11.3 Å². The summed E-state index contributed by atoms with van der Waals surface area (Å²) in [5.74, 6) is 0.131. The van der Waals surface area contributed by atoms with Crippen LogP contribution in [0.4, 0.5) is 0 Å².